The number of amides is 1. The third-order valence-corrected chi connectivity index (χ3v) is 4.43. The number of alkyl halides is 2. The molecular weight excluding hydrogens is 368 g/mol. The number of hydrogen-bond donors (Lipinski definition) is 0. The SMILES string of the molecule is COc1ccccc1-c1nccc2c1CN(c1ccc(OC(F)F)cn1)C2=O. The summed E-state index contributed by atoms with van der Waals surface area (Å²) in [5.74, 6) is 0.692. The second-order valence-corrected chi connectivity index (χ2v) is 6.01. The zero-order chi connectivity index (χ0) is 19.7. The minimum Gasteiger partial charge on any atom is -0.496 e. The molecule has 8 heteroatoms. The number of carbonyl (C=O) groups is 1. The minimum absolute atomic E-state index is 0.0701. The molecule has 1 aliphatic rings. The number of methoxy groups -OCH3 is 1. The molecule has 6 nitrogen and oxygen atoms in total. The summed E-state index contributed by atoms with van der Waals surface area (Å²) in [5, 5.41) is 0. The molecule has 0 aliphatic carbocycles. The first-order valence-electron chi connectivity index (χ1n) is 8.42. The molecule has 142 valence electrons. The molecule has 1 amide bonds. The van der Waals surface area contributed by atoms with Crippen molar-refractivity contribution in [2.75, 3.05) is 12.0 Å². The third-order valence-electron chi connectivity index (χ3n) is 4.43. The van der Waals surface area contributed by atoms with E-state index in [-0.39, 0.29) is 18.2 Å². The van der Waals surface area contributed by atoms with Crippen LogP contribution in [0, 0.1) is 0 Å². The normalized spacial score (nSPS) is 13.0. The van der Waals surface area contributed by atoms with Crippen LogP contribution in [0.2, 0.25) is 0 Å². The number of benzene rings is 1. The molecule has 2 aromatic heterocycles. The Labute approximate surface area is 159 Å². The van der Waals surface area contributed by atoms with Crippen molar-refractivity contribution in [2.24, 2.45) is 0 Å². The van der Waals surface area contributed by atoms with Gasteiger partial charge < -0.3 is 9.47 Å². The Morgan fingerprint density at radius 3 is 2.61 bits per heavy atom. The Morgan fingerprint density at radius 2 is 1.89 bits per heavy atom. The van der Waals surface area contributed by atoms with Gasteiger partial charge in [-0.15, -0.1) is 0 Å². The molecule has 0 fully saturated rings. The van der Waals surface area contributed by atoms with E-state index in [1.54, 1.807) is 19.4 Å². The van der Waals surface area contributed by atoms with Gasteiger partial charge in [0.2, 0.25) is 0 Å². The lowest BCUT2D eigenvalue weighted by atomic mass is 10.0. The number of aromatic nitrogens is 2. The van der Waals surface area contributed by atoms with E-state index in [4.69, 9.17) is 4.74 Å². The average Bonchev–Trinajstić information content (AvgIpc) is 3.05. The van der Waals surface area contributed by atoms with Gasteiger partial charge >= 0.3 is 6.61 Å². The molecule has 0 saturated carbocycles. The van der Waals surface area contributed by atoms with Gasteiger partial charge in [-0.05, 0) is 30.3 Å². The van der Waals surface area contributed by atoms with Crippen LogP contribution in [0.15, 0.2) is 54.9 Å². The summed E-state index contributed by atoms with van der Waals surface area (Å²) >= 11 is 0. The summed E-state index contributed by atoms with van der Waals surface area (Å²) in [6.07, 6.45) is 2.74. The maximum Gasteiger partial charge on any atom is 0.387 e. The number of nitrogens with zero attached hydrogens (tertiary/aromatic N) is 3. The van der Waals surface area contributed by atoms with Crippen molar-refractivity contribution in [2.45, 2.75) is 13.2 Å². The molecule has 1 aliphatic heterocycles. The fourth-order valence-corrected chi connectivity index (χ4v) is 3.19. The van der Waals surface area contributed by atoms with E-state index in [0.717, 1.165) is 17.3 Å². The zero-order valence-electron chi connectivity index (χ0n) is 14.8. The number of fused-ring (bicyclic) bond motifs is 1. The molecule has 28 heavy (non-hydrogen) atoms. The number of anilines is 1. The van der Waals surface area contributed by atoms with Crippen molar-refractivity contribution < 1.29 is 23.0 Å². The topological polar surface area (TPSA) is 64.6 Å². The number of para-hydroxylation sites is 1. The van der Waals surface area contributed by atoms with Crippen molar-refractivity contribution in [3.63, 3.8) is 0 Å². The number of carbonyl (C=O) groups excluding carboxylic acids is 1. The summed E-state index contributed by atoms with van der Waals surface area (Å²) in [5.41, 5.74) is 2.71. The quantitative estimate of drug-likeness (QED) is 0.668. The molecular formula is C20H15F2N3O3. The average molecular weight is 383 g/mol. The minimum atomic E-state index is -2.93. The van der Waals surface area contributed by atoms with Gasteiger partial charge in [-0.1, -0.05) is 12.1 Å². The first-order valence-corrected chi connectivity index (χ1v) is 8.42. The second-order valence-electron chi connectivity index (χ2n) is 6.01. The van der Waals surface area contributed by atoms with Gasteiger partial charge in [0.25, 0.3) is 5.91 Å². The van der Waals surface area contributed by atoms with Crippen molar-refractivity contribution in [1.82, 2.24) is 9.97 Å². The summed E-state index contributed by atoms with van der Waals surface area (Å²) in [6, 6.07) is 11.9. The van der Waals surface area contributed by atoms with Gasteiger partial charge in [-0.2, -0.15) is 8.78 Å². The van der Waals surface area contributed by atoms with E-state index >= 15 is 0 Å². The highest BCUT2D eigenvalue weighted by Gasteiger charge is 2.32. The van der Waals surface area contributed by atoms with Gasteiger partial charge in [0.1, 0.15) is 17.3 Å². The van der Waals surface area contributed by atoms with Crippen molar-refractivity contribution in [3.8, 4) is 22.8 Å². The van der Waals surface area contributed by atoms with Gasteiger partial charge in [0.15, 0.2) is 0 Å². The molecule has 3 aromatic rings. The van der Waals surface area contributed by atoms with Crippen LogP contribution in [0.5, 0.6) is 11.5 Å². The Bertz CT molecular complexity index is 1030. The Balaban J connectivity index is 1.69. The Morgan fingerprint density at radius 1 is 1.07 bits per heavy atom. The summed E-state index contributed by atoms with van der Waals surface area (Å²) in [6.45, 7) is -2.67. The Kier molecular flexibility index (Phi) is 4.60. The molecule has 0 atom stereocenters. The van der Waals surface area contributed by atoms with Crippen LogP contribution in [0.1, 0.15) is 15.9 Å². The van der Waals surface area contributed by atoms with Crippen LogP contribution in [0.4, 0.5) is 14.6 Å². The molecule has 4 rings (SSSR count). The van der Waals surface area contributed by atoms with Gasteiger partial charge in [0, 0.05) is 22.9 Å². The van der Waals surface area contributed by atoms with E-state index in [9.17, 15) is 13.6 Å². The Hall–Kier alpha value is -3.55. The lowest BCUT2D eigenvalue weighted by molar-refractivity contribution is -0.0500. The van der Waals surface area contributed by atoms with Crippen molar-refractivity contribution >= 4 is 11.7 Å². The van der Waals surface area contributed by atoms with Crippen LogP contribution in [0.25, 0.3) is 11.3 Å². The predicted octanol–water partition coefficient (Wildman–Crippen LogP) is 3.91. The van der Waals surface area contributed by atoms with Gasteiger partial charge in [-0.3, -0.25) is 14.7 Å². The second kappa shape index (κ2) is 7.22. The smallest absolute Gasteiger partial charge is 0.387 e. The molecule has 0 spiro atoms. The molecule has 3 heterocycles. The standard InChI is InChI=1S/C20H15F2N3O3/c1-27-16-5-3-2-4-14(16)18-15-11-25(19(26)13(15)8-9-23-18)17-7-6-12(10-24-17)28-20(21)22/h2-10,20H,11H2,1H3. The molecule has 0 bridgehead atoms. The number of hydrogen-bond acceptors (Lipinski definition) is 5. The van der Waals surface area contributed by atoms with Crippen molar-refractivity contribution in [1.29, 1.82) is 0 Å². The van der Waals surface area contributed by atoms with Gasteiger partial charge in [0.05, 0.1) is 25.5 Å². The summed E-state index contributed by atoms with van der Waals surface area (Å²) < 4.78 is 34.3. The fraction of sp³-hybridized carbons (Fsp3) is 0.150. The molecule has 0 radical (unpaired) electrons. The number of ether oxygens (including phenoxy) is 2. The predicted molar refractivity (Wildman–Crippen MR) is 97.6 cm³/mol. The largest absolute Gasteiger partial charge is 0.496 e. The van der Waals surface area contributed by atoms with Crippen LogP contribution < -0.4 is 14.4 Å². The van der Waals surface area contributed by atoms with Crippen LogP contribution in [-0.4, -0.2) is 29.6 Å². The number of pyridine rings is 2. The van der Waals surface area contributed by atoms with E-state index in [2.05, 4.69) is 14.7 Å². The monoisotopic (exact) mass is 383 g/mol. The van der Waals surface area contributed by atoms with E-state index < -0.39 is 6.61 Å². The van der Waals surface area contributed by atoms with Crippen LogP contribution >= 0.6 is 0 Å². The maximum atomic E-state index is 12.9. The first-order chi connectivity index (χ1) is 13.6. The highest BCUT2D eigenvalue weighted by atomic mass is 19.3. The lowest BCUT2D eigenvalue weighted by Gasteiger charge is -2.15. The maximum absolute atomic E-state index is 12.9. The van der Waals surface area contributed by atoms with E-state index in [1.807, 2.05) is 24.3 Å². The lowest BCUT2D eigenvalue weighted by Crippen LogP contribution is -2.23. The summed E-state index contributed by atoms with van der Waals surface area (Å²) in [4.78, 5) is 22.9. The number of halogens is 2. The highest BCUT2D eigenvalue weighted by molar-refractivity contribution is 6.10. The van der Waals surface area contributed by atoms with Gasteiger partial charge in [-0.25, -0.2) is 4.98 Å². The number of rotatable bonds is 5. The molecule has 1 aromatic carbocycles. The third kappa shape index (κ3) is 3.13. The van der Waals surface area contributed by atoms with E-state index in [1.165, 1.54) is 17.0 Å². The molecule has 0 N–H and O–H groups in total. The van der Waals surface area contributed by atoms with Crippen LogP contribution in [0.3, 0.4) is 0 Å². The van der Waals surface area contributed by atoms with Crippen LogP contribution in [-0.2, 0) is 6.54 Å². The zero-order valence-corrected chi connectivity index (χ0v) is 14.8. The van der Waals surface area contributed by atoms with Crippen molar-refractivity contribution in [3.05, 3.63) is 66.0 Å². The molecule has 0 saturated heterocycles. The fourth-order valence-electron chi connectivity index (χ4n) is 3.19. The summed E-state index contributed by atoms with van der Waals surface area (Å²) in [7, 11) is 1.58. The molecule has 0 unspecified atom stereocenters. The first kappa shape index (κ1) is 17.8. The van der Waals surface area contributed by atoms with E-state index in [0.29, 0.717) is 22.8 Å². The highest BCUT2D eigenvalue weighted by Crippen LogP contribution is 2.36.